The number of piperidine rings is 1. The van der Waals surface area contributed by atoms with Crippen molar-refractivity contribution in [3.63, 3.8) is 0 Å². The second-order valence-electron chi connectivity index (χ2n) is 5.45. The van der Waals surface area contributed by atoms with Crippen LogP contribution >= 0.6 is 0 Å². The molecule has 1 fully saturated rings. The molecule has 2 heterocycles. The molecule has 2 aromatic rings. The standard InChI is InChI=1S/C16H21N3O2/c20-12-6-11-19-10-5-4-9-14(19)16-17-15(18-21-16)13-7-2-1-3-8-13/h1-3,7-8,14,20H,4-6,9-12H2. The summed E-state index contributed by atoms with van der Waals surface area (Å²) < 4.78 is 5.50. The van der Waals surface area contributed by atoms with Crippen molar-refractivity contribution in [2.24, 2.45) is 0 Å². The highest BCUT2D eigenvalue weighted by Crippen LogP contribution is 2.31. The van der Waals surface area contributed by atoms with Gasteiger partial charge in [0.05, 0.1) is 6.04 Å². The van der Waals surface area contributed by atoms with E-state index in [1.54, 1.807) is 0 Å². The summed E-state index contributed by atoms with van der Waals surface area (Å²) in [5.41, 5.74) is 0.977. The lowest BCUT2D eigenvalue weighted by molar-refractivity contribution is 0.109. The summed E-state index contributed by atoms with van der Waals surface area (Å²) in [6, 6.07) is 10.1. The van der Waals surface area contributed by atoms with Crippen LogP contribution in [0.5, 0.6) is 0 Å². The van der Waals surface area contributed by atoms with Gasteiger partial charge in [-0.3, -0.25) is 4.90 Å². The largest absolute Gasteiger partial charge is 0.396 e. The van der Waals surface area contributed by atoms with Gasteiger partial charge < -0.3 is 9.63 Å². The van der Waals surface area contributed by atoms with Gasteiger partial charge in [-0.05, 0) is 25.8 Å². The highest BCUT2D eigenvalue weighted by molar-refractivity contribution is 5.53. The highest BCUT2D eigenvalue weighted by atomic mass is 16.5. The minimum absolute atomic E-state index is 0.190. The Labute approximate surface area is 124 Å². The number of rotatable bonds is 5. The van der Waals surface area contributed by atoms with Gasteiger partial charge in [0.2, 0.25) is 11.7 Å². The van der Waals surface area contributed by atoms with E-state index in [2.05, 4.69) is 15.0 Å². The Balaban J connectivity index is 1.77. The first-order valence-electron chi connectivity index (χ1n) is 7.62. The summed E-state index contributed by atoms with van der Waals surface area (Å²) >= 11 is 0. The van der Waals surface area contributed by atoms with Crippen molar-refractivity contribution in [2.45, 2.75) is 31.7 Å². The van der Waals surface area contributed by atoms with E-state index in [0.29, 0.717) is 11.7 Å². The lowest BCUT2D eigenvalue weighted by Gasteiger charge is -2.33. The Hall–Kier alpha value is -1.72. The summed E-state index contributed by atoms with van der Waals surface area (Å²) in [6.45, 7) is 2.14. The monoisotopic (exact) mass is 287 g/mol. The molecule has 5 heteroatoms. The minimum atomic E-state index is 0.190. The van der Waals surface area contributed by atoms with Gasteiger partial charge in [-0.15, -0.1) is 0 Å². The van der Waals surface area contributed by atoms with Crippen molar-refractivity contribution < 1.29 is 9.63 Å². The van der Waals surface area contributed by atoms with Gasteiger partial charge in [-0.25, -0.2) is 0 Å². The molecule has 0 amide bonds. The molecule has 0 radical (unpaired) electrons. The van der Waals surface area contributed by atoms with Crippen LogP contribution < -0.4 is 0 Å². The van der Waals surface area contributed by atoms with Crippen molar-refractivity contribution in [1.29, 1.82) is 0 Å². The van der Waals surface area contributed by atoms with E-state index in [0.717, 1.165) is 31.5 Å². The van der Waals surface area contributed by atoms with Crippen LogP contribution in [0.1, 0.15) is 37.6 Å². The number of nitrogens with zero attached hydrogens (tertiary/aromatic N) is 3. The third kappa shape index (κ3) is 3.31. The second-order valence-corrected chi connectivity index (χ2v) is 5.45. The van der Waals surface area contributed by atoms with Gasteiger partial charge in [-0.2, -0.15) is 4.98 Å². The number of hydrogen-bond donors (Lipinski definition) is 1. The Morgan fingerprint density at radius 2 is 2.10 bits per heavy atom. The zero-order chi connectivity index (χ0) is 14.5. The van der Waals surface area contributed by atoms with Gasteiger partial charge in [0, 0.05) is 18.7 Å². The first kappa shape index (κ1) is 14.2. The van der Waals surface area contributed by atoms with E-state index in [9.17, 15) is 0 Å². The first-order chi connectivity index (χ1) is 10.4. The van der Waals surface area contributed by atoms with Crippen LogP contribution in [0.15, 0.2) is 34.9 Å². The second kappa shape index (κ2) is 6.83. The molecule has 1 unspecified atom stereocenters. The van der Waals surface area contributed by atoms with Gasteiger partial charge >= 0.3 is 0 Å². The number of aliphatic hydroxyl groups excluding tert-OH is 1. The fourth-order valence-electron chi connectivity index (χ4n) is 2.89. The van der Waals surface area contributed by atoms with Gasteiger partial charge in [-0.1, -0.05) is 41.9 Å². The molecule has 1 aromatic heterocycles. The number of hydrogen-bond acceptors (Lipinski definition) is 5. The maximum atomic E-state index is 9.03. The predicted octanol–water partition coefficient (Wildman–Crippen LogP) is 2.65. The summed E-state index contributed by atoms with van der Waals surface area (Å²) in [7, 11) is 0. The molecule has 21 heavy (non-hydrogen) atoms. The third-order valence-electron chi connectivity index (χ3n) is 3.98. The van der Waals surface area contributed by atoms with Crippen molar-refractivity contribution in [3.05, 3.63) is 36.2 Å². The molecule has 1 saturated heterocycles. The SMILES string of the molecule is OCCCN1CCCCC1c1nc(-c2ccccc2)no1. The Morgan fingerprint density at radius 1 is 1.24 bits per heavy atom. The maximum Gasteiger partial charge on any atom is 0.244 e. The topological polar surface area (TPSA) is 62.4 Å². The Morgan fingerprint density at radius 3 is 2.90 bits per heavy atom. The van der Waals surface area contributed by atoms with Crippen LogP contribution in [0.2, 0.25) is 0 Å². The molecule has 1 N–H and O–H groups in total. The zero-order valence-electron chi connectivity index (χ0n) is 12.1. The zero-order valence-corrected chi connectivity index (χ0v) is 12.1. The molecule has 0 bridgehead atoms. The average molecular weight is 287 g/mol. The van der Waals surface area contributed by atoms with Crippen LogP contribution in [0.3, 0.4) is 0 Å². The average Bonchev–Trinajstić information content (AvgIpc) is 3.04. The van der Waals surface area contributed by atoms with E-state index in [-0.39, 0.29) is 12.6 Å². The predicted molar refractivity (Wildman–Crippen MR) is 79.6 cm³/mol. The van der Waals surface area contributed by atoms with E-state index < -0.39 is 0 Å². The molecule has 1 aliphatic rings. The summed E-state index contributed by atoms with van der Waals surface area (Å²) in [5.74, 6) is 1.35. The smallest absolute Gasteiger partial charge is 0.244 e. The van der Waals surface area contributed by atoms with Crippen LogP contribution in [-0.4, -0.2) is 39.8 Å². The quantitative estimate of drug-likeness (QED) is 0.916. The molecule has 1 atom stereocenters. The Bertz CT molecular complexity index is 556. The molecule has 1 aliphatic heterocycles. The van der Waals surface area contributed by atoms with Crippen molar-refractivity contribution in [2.75, 3.05) is 19.7 Å². The fourth-order valence-corrected chi connectivity index (χ4v) is 2.89. The minimum Gasteiger partial charge on any atom is -0.396 e. The van der Waals surface area contributed by atoms with Gasteiger partial charge in [0.1, 0.15) is 0 Å². The summed E-state index contributed by atoms with van der Waals surface area (Å²) in [5, 5.41) is 13.1. The van der Waals surface area contributed by atoms with E-state index in [1.807, 2.05) is 30.3 Å². The van der Waals surface area contributed by atoms with Crippen LogP contribution in [0.4, 0.5) is 0 Å². The molecule has 3 rings (SSSR count). The molecule has 5 nitrogen and oxygen atoms in total. The van der Waals surface area contributed by atoms with Gasteiger partial charge in [0.25, 0.3) is 0 Å². The lowest BCUT2D eigenvalue weighted by Crippen LogP contribution is -2.34. The maximum absolute atomic E-state index is 9.03. The van der Waals surface area contributed by atoms with Crippen molar-refractivity contribution in [1.82, 2.24) is 15.0 Å². The number of aliphatic hydroxyl groups is 1. The molecule has 0 saturated carbocycles. The van der Waals surface area contributed by atoms with Gasteiger partial charge in [0.15, 0.2) is 0 Å². The molecular formula is C16H21N3O2. The number of likely N-dealkylation sites (tertiary alicyclic amines) is 1. The van der Waals surface area contributed by atoms with Crippen LogP contribution in [-0.2, 0) is 0 Å². The lowest BCUT2D eigenvalue weighted by atomic mass is 10.0. The fraction of sp³-hybridized carbons (Fsp3) is 0.500. The molecule has 1 aromatic carbocycles. The van der Waals surface area contributed by atoms with E-state index in [1.165, 1.54) is 12.8 Å². The molecule has 112 valence electrons. The van der Waals surface area contributed by atoms with Crippen LogP contribution in [0, 0.1) is 0 Å². The van der Waals surface area contributed by atoms with Crippen molar-refractivity contribution in [3.8, 4) is 11.4 Å². The van der Waals surface area contributed by atoms with E-state index in [4.69, 9.17) is 9.63 Å². The van der Waals surface area contributed by atoms with E-state index >= 15 is 0 Å². The summed E-state index contributed by atoms with van der Waals surface area (Å²) in [6.07, 6.45) is 4.21. The number of benzene rings is 1. The first-order valence-corrected chi connectivity index (χ1v) is 7.62. The van der Waals surface area contributed by atoms with Crippen molar-refractivity contribution >= 4 is 0 Å². The van der Waals surface area contributed by atoms with Crippen LogP contribution in [0.25, 0.3) is 11.4 Å². The molecule has 0 spiro atoms. The summed E-state index contributed by atoms with van der Waals surface area (Å²) in [4.78, 5) is 6.93. The number of aromatic nitrogens is 2. The Kier molecular flexibility index (Phi) is 4.62. The highest BCUT2D eigenvalue weighted by Gasteiger charge is 2.28. The molecular weight excluding hydrogens is 266 g/mol. The normalized spacial score (nSPS) is 19.8. The third-order valence-corrected chi connectivity index (χ3v) is 3.98. The molecule has 0 aliphatic carbocycles.